The summed E-state index contributed by atoms with van der Waals surface area (Å²) in [6, 6.07) is 8.10. The van der Waals surface area contributed by atoms with Gasteiger partial charge in [0, 0.05) is 39.1 Å². The van der Waals surface area contributed by atoms with Crippen LogP contribution in [0.15, 0.2) is 24.3 Å². The van der Waals surface area contributed by atoms with Gasteiger partial charge in [0.1, 0.15) is 0 Å². The van der Waals surface area contributed by atoms with E-state index in [0.717, 1.165) is 19.5 Å². The van der Waals surface area contributed by atoms with E-state index in [0.29, 0.717) is 26.1 Å². The first-order valence-electron chi connectivity index (χ1n) is 7.71. The van der Waals surface area contributed by atoms with Gasteiger partial charge in [-0.1, -0.05) is 24.3 Å². The number of benzene rings is 1. The molecule has 0 unspecified atom stereocenters. The van der Waals surface area contributed by atoms with Gasteiger partial charge in [-0.3, -0.25) is 4.79 Å². The largest absolute Gasteiger partial charge is 0.355 e. The highest BCUT2D eigenvalue weighted by molar-refractivity contribution is 5.78. The van der Waals surface area contributed by atoms with E-state index in [4.69, 9.17) is 0 Å². The van der Waals surface area contributed by atoms with E-state index in [2.05, 4.69) is 28.1 Å². The molecule has 0 atom stereocenters. The second kappa shape index (κ2) is 8.38. The minimum absolute atomic E-state index is 0.0421. The number of urea groups is 1. The zero-order valence-electron chi connectivity index (χ0n) is 13.0. The molecular weight excluding hydrogens is 280 g/mol. The molecule has 0 bridgehead atoms. The van der Waals surface area contributed by atoms with Gasteiger partial charge in [-0.2, -0.15) is 0 Å². The van der Waals surface area contributed by atoms with Crippen molar-refractivity contribution in [2.24, 2.45) is 0 Å². The lowest BCUT2D eigenvalue weighted by atomic mass is 10.0. The minimum Gasteiger partial charge on any atom is -0.355 e. The number of nitrogens with zero attached hydrogens (tertiary/aromatic N) is 1. The van der Waals surface area contributed by atoms with Crippen LogP contribution >= 0.6 is 0 Å². The Morgan fingerprint density at radius 1 is 1.09 bits per heavy atom. The Kier molecular flexibility index (Phi) is 6.21. The number of likely N-dealkylation sites (N-methyl/N-ethyl adjacent to an activating group) is 1. The normalized spacial score (nSPS) is 13.4. The summed E-state index contributed by atoms with van der Waals surface area (Å²) in [5.41, 5.74) is 2.52. The SMILES string of the molecule is CNCCNC(=O)CCNC(=O)N1CCc2ccccc2C1. The molecule has 0 aromatic heterocycles. The Balaban J connectivity index is 1.69. The molecule has 0 fully saturated rings. The fourth-order valence-corrected chi connectivity index (χ4v) is 2.48. The highest BCUT2D eigenvalue weighted by Gasteiger charge is 2.19. The molecule has 22 heavy (non-hydrogen) atoms. The highest BCUT2D eigenvalue weighted by atomic mass is 16.2. The van der Waals surface area contributed by atoms with Crippen LogP contribution in [0.1, 0.15) is 17.5 Å². The van der Waals surface area contributed by atoms with Crippen LogP contribution in [0.25, 0.3) is 0 Å². The summed E-state index contributed by atoms with van der Waals surface area (Å²) in [5, 5.41) is 8.56. The van der Waals surface area contributed by atoms with Gasteiger partial charge >= 0.3 is 6.03 Å². The van der Waals surface area contributed by atoms with Crippen molar-refractivity contribution in [3.63, 3.8) is 0 Å². The maximum atomic E-state index is 12.1. The van der Waals surface area contributed by atoms with Crippen LogP contribution in [0.3, 0.4) is 0 Å². The fourth-order valence-electron chi connectivity index (χ4n) is 2.48. The second-order valence-electron chi connectivity index (χ2n) is 5.38. The first-order valence-corrected chi connectivity index (χ1v) is 7.71. The summed E-state index contributed by atoms with van der Waals surface area (Å²) in [7, 11) is 1.84. The van der Waals surface area contributed by atoms with Crippen molar-refractivity contribution in [1.29, 1.82) is 0 Å². The maximum Gasteiger partial charge on any atom is 0.317 e. The predicted molar refractivity (Wildman–Crippen MR) is 85.5 cm³/mol. The van der Waals surface area contributed by atoms with Gasteiger partial charge in [-0.25, -0.2) is 4.79 Å². The lowest BCUT2D eigenvalue weighted by Gasteiger charge is -2.28. The molecule has 6 heteroatoms. The first-order chi connectivity index (χ1) is 10.7. The molecule has 0 saturated carbocycles. The molecule has 6 nitrogen and oxygen atoms in total. The van der Waals surface area contributed by atoms with Crippen molar-refractivity contribution in [2.45, 2.75) is 19.4 Å². The lowest BCUT2D eigenvalue weighted by molar-refractivity contribution is -0.120. The van der Waals surface area contributed by atoms with Crippen LogP contribution in [0, 0.1) is 0 Å². The van der Waals surface area contributed by atoms with Gasteiger partial charge in [-0.05, 0) is 24.6 Å². The molecule has 1 aliphatic heterocycles. The molecule has 0 radical (unpaired) electrons. The van der Waals surface area contributed by atoms with Gasteiger partial charge in [0.2, 0.25) is 5.91 Å². The molecule has 1 aliphatic rings. The predicted octanol–water partition coefficient (Wildman–Crippen LogP) is 0.480. The second-order valence-corrected chi connectivity index (χ2v) is 5.38. The Morgan fingerprint density at radius 3 is 2.64 bits per heavy atom. The summed E-state index contributed by atoms with van der Waals surface area (Å²) >= 11 is 0. The quantitative estimate of drug-likeness (QED) is 0.669. The van der Waals surface area contributed by atoms with E-state index in [1.807, 2.05) is 19.2 Å². The Bertz CT molecular complexity index is 519. The van der Waals surface area contributed by atoms with Gasteiger partial charge in [0.25, 0.3) is 0 Å². The number of carbonyl (C=O) groups is 2. The van der Waals surface area contributed by atoms with Crippen LogP contribution in [0.4, 0.5) is 4.79 Å². The molecule has 0 spiro atoms. The lowest BCUT2D eigenvalue weighted by Crippen LogP contribution is -2.43. The Labute approximate surface area is 131 Å². The summed E-state index contributed by atoms with van der Waals surface area (Å²) in [6.45, 7) is 3.06. The molecule has 2 rings (SSSR count). The average molecular weight is 304 g/mol. The van der Waals surface area contributed by atoms with E-state index in [9.17, 15) is 9.59 Å². The Hall–Kier alpha value is -2.08. The van der Waals surface area contributed by atoms with E-state index in [1.165, 1.54) is 11.1 Å². The van der Waals surface area contributed by atoms with Crippen LogP contribution in [-0.4, -0.2) is 50.1 Å². The third-order valence-corrected chi connectivity index (χ3v) is 3.74. The molecule has 3 amide bonds. The van der Waals surface area contributed by atoms with Crippen molar-refractivity contribution < 1.29 is 9.59 Å². The molecule has 120 valence electrons. The molecule has 1 aromatic rings. The van der Waals surface area contributed by atoms with E-state index >= 15 is 0 Å². The van der Waals surface area contributed by atoms with Crippen LogP contribution in [-0.2, 0) is 17.8 Å². The average Bonchev–Trinajstić information content (AvgIpc) is 2.54. The topological polar surface area (TPSA) is 73.5 Å². The van der Waals surface area contributed by atoms with Gasteiger partial charge in [0.15, 0.2) is 0 Å². The summed E-state index contributed by atoms with van der Waals surface area (Å²) in [6.07, 6.45) is 1.19. The third kappa shape index (κ3) is 4.73. The van der Waals surface area contributed by atoms with Crippen molar-refractivity contribution in [1.82, 2.24) is 20.9 Å². The van der Waals surface area contributed by atoms with E-state index in [-0.39, 0.29) is 11.9 Å². The standard InChI is InChI=1S/C16H24N4O2/c1-17-9-10-18-15(21)6-8-19-16(22)20-11-7-13-4-2-3-5-14(13)12-20/h2-5,17H,6-12H2,1H3,(H,18,21)(H,19,22). The molecule has 0 saturated heterocycles. The molecule has 3 N–H and O–H groups in total. The molecule has 1 heterocycles. The number of fused-ring (bicyclic) bond motifs is 1. The van der Waals surface area contributed by atoms with Gasteiger partial charge < -0.3 is 20.9 Å². The molecular formula is C16H24N4O2. The first kappa shape index (κ1) is 16.3. The fraction of sp³-hybridized carbons (Fsp3) is 0.500. The number of carbonyl (C=O) groups excluding carboxylic acids is 2. The number of amides is 3. The summed E-state index contributed by atoms with van der Waals surface area (Å²) in [5.74, 6) is -0.0421. The van der Waals surface area contributed by atoms with Crippen molar-refractivity contribution in [3.05, 3.63) is 35.4 Å². The van der Waals surface area contributed by atoms with E-state index < -0.39 is 0 Å². The summed E-state index contributed by atoms with van der Waals surface area (Å²) < 4.78 is 0. The number of hydrogen-bond donors (Lipinski definition) is 3. The maximum absolute atomic E-state index is 12.1. The van der Waals surface area contributed by atoms with Crippen LogP contribution < -0.4 is 16.0 Å². The van der Waals surface area contributed by atoms with Crippen LogP contribution in [0.2, 0.25) is 0 Å². The Morgan fingerprint density at radius 2 is 1.86 bits per heavy atom. The zero-order valence-corrected chi connectivity index (χ0v) is 13.0. The summed E-state index contributed by atoms with van der Waals surface area (Å²) in [4.78, 5) is 25.5. The van der Waals surface area contributed by atoms with Crippen LogP contribution in [0.5, 0.6) is 0 Å². The third-order valence-electron chi connectivity index (χ3n) is 3.74. The molecule has 1 aromatic carbocycles. The number of hydrogen-bond acceptors (Lipinski definition) is 3. The monoisotopic (exact) mass is 304 g/mol. The minimum atomic E-state index is -0.0995. The van der Waals surface area contributed by atoms with Crippen molar-refractivity contribution in [3.8, 4) is 0 Å². The smallest absolute Gasteiger partial charge is 0.317 e. The van der Waals surface area contributed by atoms with Crippen molar-refractivity contribution >= 4 is 11.9 Å². The number of rotatable bonds is 6. The highest BCUT2D eigenvalue weighted by Crippen LogP contribution is 2.18. The zero-order chi connectivity index (χ0) is 15.8. The van der Waals surface area contributed by atoms with Crippen molar-refractivity contribution in [2.75, 3.05) is 33.2 Å². The number of nitrogens with one attached hydrogen (secondary N) is 3. The van der Waals surface area contributed by atoms with E-state index in [1.54, 1.807) is 4.90 Å². The van der Waals surface area contributed by atoms with Gasteiger partial charge in [-0.15, -0.1) is 0 Å². The molecule has 0 aliphatic carbocycles. The van der Waals surface area contributed by atoms with Gasteiger partial charge in [0.05, 0.1) is 0 Å².